The number of esters is 1. The number of H-pyrrole nitrogens is 1. The Hall–Kier alpha value is -1.85. The molecule has 0 aliphatic rings. The molecule has 100 valence electrons. The number of hydrogen-bond acceptors (Lipinski definition) is 4. The van der Waals surface area contributed by atoms with Crippen molar-refractivity contribution in [3.63, 3.8) is 0 Å². The lowest BCUT2D eigenvalue weighted by atomic mass is 10.2. The molecule has 0 unspecified atom stereocenters. The van der Waals surface area contributed by atoms with E-state index < -0.39 is 5.69 Å². The van der Waals surface area contributed by atoms with Crippen LogP contribution in [0.1, 0.15) is 31.7 Å². The molecule has 0 aromatic carbocycles. The van der Waals surface area contributed by atoms with E-state index in [9.17, 15) is 14.4 Å². The molecule has 0 aliphatic carbocycles. The van der Waals surface area contributed by atoms with E-state index in [-0.39, 0.29) is 11.5 Å². The fraction of sp³-hybridized carbons (Fsp3) is 0.583. The van der Waals surface area contributed by atoms with Gasteiger partial charge in [0.05, 0.1) is 6.61 Å². The number of carbonyl (C=O) groups excluding carboxylic acids is 1. The highest BCUT2D eigenvalue weighted by molar-refractivity contribution is 5.69. The van der Waals surface area contributed by atoms with E-state index in [4.69, 9.17) is 4.74 Å². The highest BCUT2D eigenvalue weighted by Crippen LogP contribution is 1.99. The van der Waals surface area contributed by atoms with Crippen molar-refractivity contribution in [2.75, 3.05) is 6.61 Å². The first-order valence-electron chi connectivity index (χ1n) is 6.00. The molecule has 0 saturated heterocycles. The van der Waals surface area contributed by atoms with Crippen LogP contribution in [0.4, 0.5) is 0 Å². The predicted molar refractivity (Wildman–Crippen MR) is 66.5 cm³/mol. The molecule has 0 fully saturated rings. The summed E-state index contributed by atoms with van der Waals surface area (Å²) in [7, 11) is 0. The summed E-state index contributed by atoms with van der Waals surface area (Å²) in [5.41, 5.74) is -0.274. The average Bonchev–Trinajstić information content (AvgIpc) is 2.31. The maximum atomic E-state index is 11.4. The van der Waals surface area contributed by atoms with Gasteiger partial charge in [-0.15, -0.1) is 0 Å². The van der Waals surface area contributed by atoms with E-state index in [1.54, 1.807) is 13.8 Å². The van der Waals surface area contributed by atoms with Gasteiger partial charge in [0.2, 0.25) is 0 Å². The van der Waals surface area contributed by atoms with E-state index in [2.05, 4.69) is 4.98 Å². The highest BCUT2D eigenvalue weighted by atomic mass is 16.5. The van der Waals surface area contributed by atoms with Crippen LogP contribution in [-0.2, 0) is 16.1 Å². The molecule has 1 aromatic heterocycles. The summed E-state index contributed by atoms with van der Waals surface area (Å²) < 4.78 is 6.24. The van der Waals surface area contributed by atoms with E-state index >= 15 is 0 Å². The standard InChI is InChI=1S/C12H18N2O4/c1-3-18-10(15)6-4-5-7-14-8-9(2)11(16)13-12(14)17/h8H,3-7H2,1-2H3,(H,13,16,17). The number of hydrogen-bond donors (Lipinski definition) is 1. The second-order valence-electron chi connectivity index (χ2n) is 4.03. The number of nitrogens with zero attached hydrogens (tertiary/aromatic N) is 1. The van der Waals surface area contributed by atoms with Crippen molar-refractivity contribution in [2.24, 2.45) is 0 Å². The number of aryl methyl sites for hydroxylation is 2. The lowest BCUT2D eigenvalue weighted by Crippen LogP contribution is -2.30. The van der Waals surface area contributed by atoms with Gasteiger partial charge < -0.3 is 9.30 Å². The zero-order valence-electron chi connectivity index (χ0n) is 10.7. The van der Waals surface area contributed by atoms with Gasteiger partial charge in [0.15, 0.2) is 0 Å². The Morgan fingerprint density at radius 1 is 1.39 bits per heavy atom. The average molecular weight is 254 g/mol. The second kappa shape index (κ2) is 6.78. The Morgan fingerprint density at radius 2 is 2.11 bits per heavy atom. The fourth-order valence-corrected chi connectivity index (χ4v) is 1.57. The van der Waals surface area contributed by atoms with Gasteiger partial charge in [-0.05, 0) is 26.7 Å². The SMILES string of the molecule is CCOC(=O)CCCCn1cc(C)c(=O)[nH]c1=O. The number of carbonyl (C=O) groups is 1. The molecular formula is C12H18N2O4. The van der Waals surface area contributed by atoms with Crippen molar-refractivity contribution >= 4 is 5.97 Å². The highest BCUT2D eigenvalue weighted by Gasteiger charge is 2.03. The van der Waals surface area contributed by atoms with Gasteiger partial charge in [-0.1, -0.05) is 0 Å². The normalized spacial score (nSPS) is 10.3. The Morgan fingerprint density at radius 3 is 2.78 bits per heavy atom. The molecule has 18 heavy (non-hydrogen) atoms. The van der Waals surface area contributed by atoms with Crippen LogP contribution in [0.3, 0.4) is 0 Å². The minimum Gasteiger partial charge on any atom is -0.466 e. The molecule has 0 radical (unpaired) electrons. The summed E-state index contributed by atoms with van der Waals surface area (Å²) in [5, 5.41) is 0. The van der Waals surface area contributed by atoms with E-state index in [1.807, 2.05) is 0 Å². The van der Waals surface area contributed by atoms with Gasteiger partial charge >= 0.3 is 11.7 Å². The molecule has 6 nitrogen and oxygen atoms in total. The van der Waals surface area contributed by atoms with Crippen LogP contribution in [0.15, 0.2) is 15.8 Å². The molecular weight excluding hydrogens is 236 g/mol. The lowest BCUT2D eigenvalue weighted by Gasteiger charge is -2.05. The molecule has 0 atom stereocenters. The first-order chi connectivity index (χ1) is 8.54. The van der Waals surface area contributed by atoms with Crippen molar-refractivity contribution < 1.29 is 9.53 Å². The number of ether oxygens (including phenoxy) is 1. The summed E-state index contributed by atoms with van der Waals surface area (Å²) in [4.78, 5) is 35.9. The molecule has 0 saturated carbocycles. The van der Waals surface area contributed by atoms with Gasteiger partial charge in [0.1, 0.15) is 0 Å². The summed E-state index contributed by atoms with van der Waals surface area (Å²) >= 11 is 0. The molecule has 0 amide bonds. The third kappa shape index (κ3) is 4.20. The minimum absolute atomic E-state index is 0.220. The van der Waals surface area contributed by atoms with Gasteiger partial charge in [0.25, 0.3) is 5.56 Å². The summed E-state index contributed by atoms with van der Waals surface area (Å²) in [6, 6.07) is 0. The van der Waals surface area contributed by atoms with Crippen LogP contribution in [0.25, 0.3) is 0 Å². The van der Waals surface area contributed by atoms with Crippen LogP contribution < -0.4 is 11.2 Å². The Kier molecular flexibility index (Phi) is 5.35. The van der Waals surface area contributed by atoms with Crippen LogP contribution in [0.2, 0.25) is 0 Å². The Labute approximate surface area is 105 Å². The van der Waals surface area contributed by atoms with Crippen molar-refractivity contribution in [1.29, 1.82) is 0 Å². The Balaban J connectivity index is 2.45. The minimum atomic E-state index is -0.415. The number of nitrogens with one attached hydrogen (secondary N) is 1. The van der Waals surface area contributed by atoms with Gasteiger partial charge in [-0.2, -0.15) is 0 Å². The van der Waals surface area contributed by atoms with E-state index in [1.165, 1.54) is 10.8 Å². The molecule has 0 aliphatic heterocycles. The molecule has 1 heterocycles. The van der Waals surface area contributed by atoms with E-state index in [0.717, 1.165) is 0 Å². The van der Waals surface area contributed by atoms with Crippen molar-refractivity contribution in [2.45, 2.75) is 39.7 Å². The van der Waals surface area contributed by atoms with E-state index in [0.29, 0.717) is 38.0 Å². The second-order valence-corrected chi connectivity index (χ2v) is 4.03. The third-order valence-electron chi connectivity index (χ3n) is 2.52. The number of aromatic amines is 1. The summed E-state index contributed by atoms with van der Waals surface area (Å²) in [5.74, 6) is -0.220. The quantitative estimate of drug-likeness (QED) is 0.594. The smallest absolute Gasteiger partial charge is 0.328 e. The van der Waals surface area contributed by atoms with Crippen LogP contribution in [0, 0.1) is 6.92 Å². The number of rotatable bonds is 6. The molecule has 6 heteroatoms. The maximum Gasteiger partial charge on any atom is 0.328 e. The number of unbranched alkanes of at least 4 members (excludes halogenated alkanes) is 1. The monoisotopic (exact) mass is 254 g/mol. The number of aromatic nitrogens is 2. The maximum absolute atomic E-state index is 11.4. The Bertz CT molecular complexity index is 516. The van der Waals surface area contributed by atoms with Gasteiger partial charge in [-0.3, -0.25) is 14.6 Å². The molecule has 0 spiro atoms. The van der Waals surface area contributed by atoms with Gasteiger partial charge in [-0.25, -0.2) is 4.79 Å². The zero-order valence-corrected chi connectivity index (χ0v) is 10.7. The molecule has 0 bridgehead atoms. The van der Waals surface area contributed by atoms with Gasteiger partial charge in [0, 0.05) is 24.7 Å². The van der Waals surface area contributed by atoms with Crippen LogP contribution >= 0.6 is 0 Å². The molecule has 1 aromatic rings. The van der Waals surface area contributed by atoms with Crippen molar-refractivity contribution in [3.8, 4) is 0 Å². The van der Waals surface area contributed by atoms with Crippen molar-refractivity contribution in [3.05, 3.63) is 32.6 Å². The molecule has 1 rings (SSSR count). The fourth-order valence-electron chi connectivity index (χ4n) is 1.57. The van der Waals surface area contributed by atoms with Crippen LogP contribution in [0.5, 0.6) is 0 Å². The van der Waals surface area contributed by atoms with Crippen molar-refractivity contribution in [1.82, 2.24) is 9.55 Å². The topological polar surface area (TPSA) is 81.2 Å². The summed E-state index contributed by atoms with van der Waals surface area (Å²) in [6.45, 7) is 4.28. The predicted octanol–water partition coefficient (Wildman–Crippen LogP) is 0.578. The zero-order chi connectivity index (χ0) is 13.5. The molecule has 1 N–H and O–H groups in total. The summed E-state index contributed by atoms with van der Waals surface area (Å²) in [6.07, 6.45) is 3.23. The first kappa shape index (κ1) is 14.2. The lowest BCUT2D eigenvalue weighted by molar-refractivity contribution is -0.143. The third-order valence-corrected chi connectivity index (χ3v) is 2.52. The first-order valence-corrected chi connectivity index (χ1v) is 6.00. The van der Waals surface area contributed by atoms with Crippen LogP contribution in [-0.4, -0.2) is 22.1 Å². The largest absolute Gasteiger partial charge is 0.466 e.